The van der Waals surface area contributed by atoms with E-state index >= 15 is 0 Å². The van der Waals surface area contributed by atoms with Gasteiger partial charge < -0.3 is 0 Å². The summed E-state index contributed by atoms with van der Waals surface area (Å²) in [6, 6.07) is 1.92. The number of carbonyl (C=O) groups is 1. The maximum absolute atomic E-state index is 10.8. The van der Waals surface area contributed by atoms with E-state index in [-0.39, 0.29) is 5.78 Å². The third kappa shape index (κ3) is 1.29. The Labute approximate surface area is 54.5 Å². The fourth-order valence-electron chi connectivity index (χ4n) is 0.996. The Morgan fingerprint density at radius 3 is 2.44 bits per heavy atom. The molecule has 9 heavy (non-hydrogen) atoms. The molecule has 0 heterocycles. The molecule has 0 bridgehead atoms. The summed E-state index contributed by atoms with van der Waals surface area (Å²) in [7, 11) is 0. The van der Waals surface area contributed by atoms with Gasteiger partial charge in [-0.05, 0) is 12.8 Å². The number of nitriles is 1. The molecule has 0 aliphatic heterocycles. The van der Waals surface area contributed by atoms with Crippen molar-refractivity contribution in [2.24, 2.45) is 0 Å². The summed E-state index contributed by atoms with van der Waals surface area (Å²) < 4.78 is 0. The molecule has 1 aliphatic rings. The van der Waals surface area contributed by atoms with Crippen LogP contribution < -0.4 is 0 Å². The molecule has 1 fully saturated rings. The molecule has 47 valence electrons. The topological polar surface area (TPSA) is 40.9 Å². The molecule has 0 unspecified atom stereocenters. The Hall–Kier alpha value is -0.840. The van der Waals surface area contributed by atoms with Gasteiger partial charge in [0, 0.05) is 6.42 Å². The summed E-state index contributed by atoms with van der Waals surface area (Å²) in [6.07, 6.45) is 3.26. The fourth-order valence-corrected chi connectivity index (χ4v) is 0.996. The number of carbonyl (C=O) groups excluding carboxylic acids is 1. The SMILES string of the molecule is N#C[C]1CCCCC1=O. The highest BCUT2D eigenvalue weighted by Crippen LogP contribution is 2.20. The lowest BCUT2D eigenvalue weighted by molar-refractivity contribution is -0.117. The van der Waals surface area contributed by atoms with Crippen molar-refractivity contribution in [1.29, 1.82) is 5.26 Å². The van der Waals surface area contributed by atoms with E-state index in [1.807, 2.05) is 6.07 Å². The first-order chi connectivity index (χ1) is 4.34. The maximum atomic E-state index is 10.8. The number of hydrogen-bond acceptors (Lipinski definition) is 2. The van der Waals surface area contributed by atoms with Gasteiger partial charge in [0.15, 0.2) is 5.78 Å². The highest BCUT2D eigenvalue weighted by atomic mass is 16.1. The highest BCUT2D eigenvalue weighted by Gasteiger charge is 2.21. The van der Waals surface area contributed by atoms with Crippen molar-refractivity contribution in [3.05, 3.63) is 5.92 Å². The van der Waals surface area contributed by atoms with Crippen molar-refractivity contribution in [3.8, 4) is 6.07 Å². The van der Waals surface area contributed by atoms with Crippen molar-refractivity contribution in [2.45, 2.75) is 25.7 Å². The smallest absolute Gasteiger partial charge is 0.155 e. The van der Waals surface area contributed by atoms with Crippen molar-refractivity contribution < 1.29 is 4.79 Å². The number of rotatable bonds is 0. The zero-order valence-electron chi connectivity index (χ0n) is 5.18. The Morgan fingerprint density at radius 1 is 1.33 bits per heavy atom. The van der Waals surface area contributed by atoms with Gasteiger partial charge in [0.2, 0.25) is 0 Å². The molecule has 1 aliphatic carbocycles. The number of hydrogen-bond donors (Lipinski definition) is 0. The molecule has 1 radical (unpaired) electrons. The van der Waals surface area contributed by atoms with Crippen LogP contribution in [0.25, 0.3) is 0 Å². The lowest BCUT2D eigenvalue weighted by Gasteiger charge is -2.11. The van der Waals surface area contributed by atoms with Gasteiger partial charge in [-0.3, -0.25) is 4.79 Å². The minimum absolute atomic E-state index is 0.0590. The average molecular weight is 122 g/mol. The first-order valence-electron chi connectivity index (χ1n) is 3.13. The summed E-state index contributed by atoms with van der Waals surface area (Å²) in [5.74, 6) is 0.532. The first-order valence-corrected chi connectivity index (χ1v) is 3.13. The van der Waals surface area contributed by atoms with Crippen LogP contribution in [-0.2, 0) is 4.79 Å². The molecule has 0 aromatic rings. The summed E-state index contributed by atoms with van der Waals surface area (Å²) in [6.45, 7) is 0. The van der Waals surface area contributed by atoms with Crippen LogP contribution in [0.1, 0.15) is 25.7 Å². The van der Waals surface area contributed by atoms with E-state index in [2.05, 4.69) is 0 Å². The standard InChI is InChI=1S/C7H8NO/c8-5-6-3-1-2-4-7(6)9/h1-4H2. The Kier molecular flexibility index (Phi) is 1.84. The molecular weight excluding hydrogens is 114 g/mol. The monoisotopic (exact) mass is 122 g/mol. The van der Waals surface area contributed by atoms with Crippen LogP contribution in [0.2, 0.25) is 0 Å². The second kappa shape index (κ2) is 2.63. The van der Waals surface area contributed by atoms with Gasteiger partial charge in [0.05, 0.1) is 6.07 Å². The normalized spacial score (nSPS) is 21.4. The minimum atomic E-state index is 0.0590. The van der Waals surface area contributed by atoms with E-state index in [1.165, 1.54) is 0 Å². The van der Waals surface area contributed by atoms with Gasteiger partial charge in [0.1, 0.15) is 5.92 Å². The molecule has 1 saturated carbocycles. The van der Waals surface area contributed by atoms with Crippen LogP contribution in [0.4, 0.5) is 0 Å². The molecule has 1 rings (SSSR count). The first kappa shape index (κ1) is 6.28. The highest BCUT2D eigenvalue weighted by molar-refractivity contribution is 5.95. The molecule has 2 nitrogen and oxygen atoms in total. The predicted molar refractivity (Wildman–Crippen MR) is 32.3 cm³/mol. The summed E-state index contributed by atoms with van der Waals surface area (Å²) >= 11 is 0. The van der Waals surface area contributed by atoms with E-state index in [0.717, 1.165) is 12.8 Å². The van der Waals surface area contributed by atoms with Crippen molar-refractivity contribution >= 4 is 5.78 Å². The number of ketones is 1. The van der Waals surface area contributed by atoms with Gasteiger partial charge in [-0.15, -0.1) is 0 Å². The van der Waals surface area contributed by atoms with Crippen LogP contribution in [0.3, 0.4) is 0 Å². The zero-order chi connectivity index (χ0) is 6.69. The van der Waals surface area contributed by atoms with E-state index in [1.54, 1.807) is 0 Å². The van der Waals surface area contributed by atoms with Gasteiger partial charge in [-0.25, -0.2) is 0 Å². The molecule has 2 heteroatoms. The molecule has 0 atom stereocenters. The second-order valence-corrected chi connectivity index (χ2v) is 2.22. The van der Waals surface area contributed by atoms with E-state index in [4.69, 9.17) is 5.26 Å². The molecule has 0 aromatic heterocycles. The summed E-state index contributed by atoms with van der Waals surface area (Å²) in [5.41, 5.74) is 0. The molecule has 0 aromatic carbocycles. The quantitative estimate of drug-likeness (QED) is 0.484. The van der Waals surface area contributed by atoms with Gasteiger partial charge in [0.25, 0.3) is 0 Å². The molecule has 0 amide bonds. The van der Waals surface area contributed by atoms with E-state index in [0.29, 0.717) is 18.8 Å². The van der Waals surface area contributed by atoms with E-state index in [9.17, 15) is 4.79 Å². The maximum Gasteiger partial charge on any atom is 0.155 e. The third-order valence-corrected chi connectivity index (χ3v) is 1.55. The van der Waals surface area contributed by atoms with Crippen LogP contribution in [0, 0.1) is 17.2 Å². The third-order valence-electron chi connectivity index (χ3n) is 1.55. The molecule has 0 spiro atoms. The average Bonchev–Trinajstić information content (AvgIpc) is 1.89. The van der Waals surface area contributed by atoms with Crippen molar-refractivity contribution in [3.63, 3.8) is 0 Å². The molecule has 0 N–H and O–H groups in total. The van der Waals surface area contributed by atoms with Gasteiger partial charge in [-0.1, -0.05) is 6.42 Å². The van der Waals surface area contributed by atoms with Crippen molar-refractivity contribution in [2.75, 3.05) is 0 Å². The molecule has 0 saturated heterocycles. The number of nitrogens with zero attached hydrogens (tertiary/aromatic N) is 1. The van der Waals surface area contributed by atoms with Crippen molar-refractivity contribution in [1.82, 2.24) is 0 Å². The van der Waals surface area contributed by atoms with Crippen LogP contribution in [-0.4, -0.2) is 5.78 Å². The summed E-state index contributed by atoms with van der Waals surface area (Å²) in [4.78, 5) is 10.8. The van der Waals surface area contributed by atoms with Gasteiger partial charge in [-0.2, -0.15) is 5.26 Å². The largest absolute Gasteiger partial charge is 0.298 e. The molecular formula is C7H8NO. The van der Waals surface area contributed by atoms with Crippen LogP contribution >= 0.6 is 0 Å². The zero-order valence-corrected chi connectivity index (χ0v) is 5.18. The second-order valence-electron chi connectivity index (χ2n) is 2.22. The van der Waals surface area contributed by atoms with Crippen LogP contribution in [0.15, 0.2) is 0 Å². The minimum Gasteiger partial charge on any atom is -0.298 e. The summed E-state index contributed by atoms with van der Waals surface area (Å²) in [5, 5.41) is 8.35. The lowest BCUT2D eigenvalue weighted by atomic mass is 9.89. The van der Waals surface area contributed by atoms with Crippen LogP contribution in [0.5, 0.6) is 0 Å². The van der Waals surface area contributed by atoms with E-state index < -0.39 is 0 Å². The predicted octanol–water partition coefficient (Wildman–Crippen LogP) is 1.23. The lowest BCUT2D eigenvalue weighted by Crippen LogP contribution is -2.14. The number of Topliss-reactive ketones (excluding diaryl/α,β-unsaturated/α-hetero) is 1. The van der Waals surface area contributed by atoms with Gasteiger partial charge >= 0.3 is 0 Å². The Morgan fingerprint density at radius 2 is 2.00 bits per heavy atom. The fraction of sp³-hybridized carbons (Fsp3) is 0.571. The Balaban J connectivity index is 2.51. The Bertz CT molecular complexity index is 157.